The molecule has 1 aliphatic heterocycles. The molecule has 0 atom stereocenters. The van der Waals surface area contributed by atoms with Crippen LogP contribution < -0.4 is 14.2 Å². The van der Waals surface area contributed by atoms with E-state index >= 15 is 0 Å². The Morgan fingerprint density at radius 3 is 2.77 bits per heavy atom. The zero-order valence-electron chi connectivity index (χ0n) is 14.5. The third kappa shape index (κ3) is 3.83. The summed E-state index contributed by atoms with van der Waals surface area (Å²) in [6.45, 7) is 1.43. The topological polar surface area (TPSA) is 61.8 Å². The van der Waals surface area contributed by atoms with Gasteiger partial charge in [0, 0.05) is 11.6 Å². The van der Waals surface area contributed by atoms with Gasteiger partial charge in [0.1, 0.15) is 23.9 Å². The average Bonchev–Trinajstić information content (AvgIpc) is 2.96. The molecule has 1 aliphatic rings. The third-order valence-corrected chi connectivity index (χ3v) is 3.75. The van der Waals surface area contributed by atoms with Gasteiger partial charge in [-0.2, -0.15) is 0 Å². The number of methoxy groups -OCH3 is 1. The van der Waals surface area contributed by atoms with Gasteiger partial charge in [0.15, 0.2) is 11.5 Å². The summed E-state index contributed by atoms with van der Waals surface area (Å²) in [4.78, 5) is 23.4. The summed E-state index contributed by atoms with van der Waals surface area (Å²) in [5.74, 6) is 1.61. The van der Waals surface area contributed by atoms with Crippen LogP contribution in [-0.2, 0) is 4.79 Å². The Balaban J connectivity index is 1.75. The molecule has 0 aliphatic carbocycles. The summed E-state index contributed by atoms with van der Waals surface area (Å²) in [7, 11) is 1.61. The molecular formula is C21H18O5. The maximum Gasteiger partial charge on any atom is 0.231 e. The Morgan fingerprint density at radius 2 is 2.00 bits per heavy atom. The monoisotopic (exact) mass is 350 g/mol. The first-order valence-electron chi connectivity index (χ1n) is 8.08. The van der Waals surface area contributed by atoms with E-state index in [1.165, 1.54) is 6.92 Å². The van der Waals surface area contributed by atoms with Gasteiger partial charge in [0.2, 0.25) is 5.78 Å². The first kappa shape index (κ1) is 17.5. The molecule has 26 heavy (non-hydrogen) atoms. The molecule has 2 aromatic carbocycles. The van der Waals surface area contributed by atoms with Crippen LogP contribution in [0.3, 0.4) is 0 Å². The quantitative estimate of drug-likeness (QED) is 0.741. The fourth-order valence-corrected chi connectivity index (χ4v) is 2.50. The minimum atomic E-state index is -0.192. The molecule has 0 saturated heterocycles. The Labute approximate surface area is 151 Å². The van der Waals surface area contributed by atoms with Gasteiger partial charge < -0.3 is 14.2 Å². The molecule has 0 saturated carbocycles. The Kier molecular flexibility index (Phi) is 5.17. The summed E-state index contributed by atoms with van der Waals surface area (Å²) >= 11 is 0. The average molecular weight is 350 g/mol. The van der Waals surface area contributed by atoms with E-state index in [0.29, 0.717) is 17.1 Å². The van der Waals surface area contributed by atoms with Gasteiger partial charge >= 0.3 is 0 Å². The van der Waals surface area contributed by atoms with Crippen LogP contribution >= 0.6 is 0 Å². The van der Waals surface area contributed by atoms with Crippen molar-refractivity contribution < 1.29 is 23.8 Å². The molecule has 0 unspecified atom stereocenters. The zero-order chi connectivity index (χ0) is 18.5. The van der Waals surface area contributed by atoms with Gasteiger partial charge in [-0.1, -0.05) is 30.4 Å². The Hall–Kier alpha value is -3.34. The van der Waals surface area contributed by atoms with Crippen molar-refractivity contribution in [3.05, 3.63) is 71.5 Å². The van der Waals surface area contributed by atoms with E-state index < -0.39 is 0 Å². The SMILES string of the molecule is COc1ccccc1C=CC=C1Oc2cc(OCC(C)=O)ccc2C1=O. The zero-order valence-corrected chi connectivity index (χ0v) is 14.5. The van der Waals surface area contributed by atoms with Crippen LogP contribution in [0.2, 0.25) is 0 Å². The molecule has 0 bridgehead atoms. The molecule has 0 aromatic heterocycles. The lowest BCUT2D eigenvalue weighted by Crippen LogP contribution is -2.06. The minimum Gasteiger partial charge on any atom is -0.496 e. The number of ether oxygens (including phenoxy) is 3. The van der Waals surface area contributed by atoms with Gasteiger partial charge in [-0.05, 0) is 31.2 Å². The molecule has 132 valence electrons. The highest BCUT2D eigenvalue weighted by molar-refractivity contribution is 6.12. The molecule has 3 rings (SSSR count). The number of carbonyl (C=O) groups is 2. The van der Waals surface area contributed by atoms with Gasteiger partial charge in [0.05, 0.1) is 12.7 Å². The second-order valence-electron chi connectivity index (χ2n) is 5.71. The fourth-order valence-electron chi connectivity index (χ4n) is 2.50. The van der Waals surface area contributed by atoms with Gasteiger partial charge in [-0.25, -0.2) is 0 Å². The summed E-state index contributed by atoms with van der Waals surface area (Å²) in [5.41, 5.74) is 1.37. The van der Waals surface area contributed by atoms with E-state index in [-0.39, 0.29) is 23.9 Å². The molecule has 0 N–H and O–H groups in total. The van der Waals surface area contributed by atoms with Crippen molar-refractivity contribution >= 4 is 17.6 Å². The number of para-hydroxylation sites is 1. The lowest BCUT2D eigenvalue weighted by molar-refractivity contribution is -0.118. The van der Waals surface area contributed by atoms with Crippen molar-refractivity contribution in [3.63, 3.8) is 0 Å². The summed E-state index contributed by atoms with van der Waals surface area (Å²) in [5, 5.41) is 0. The summed E-state index contributed by atoms with van der Waals surface area (Å²) in [6, 6.07) is 12.5. The number of hydrogen-bond acceptors (Lipinski definition) is 5. The van der Waals surface area contributed by atoms with Crippen LogP contribution in [0.5, 0.6) is 17.2 Å². The first-order chi connectivity index (χ1) is 12.6. The minimum absolute atomic E-state index is 0.0168. The maximum atomic E-state index is 12.4. The second kappa shape index (κ2) is 7.70. The number of hydrogen-bond donors (Lipinski definition) is 0. The molecule has 1 heterocycles. The standard InChI is InChI=1S/C21H18O5/c1-14(22)13-25-16-10-11-17-20(12-16)26-19(21(17)23)9-5-7-15-6-3-4-8-18(15)24-2/h3-12H,13H2,1-2H3. The van der Waals surface area contributed by atoms with Crippen molar-refractivity contribution in [3.8, 4) is 17.2 Å². The number of carbonyl (C=O) groups excluding carboxylic acids is 2. The van der Waals surface area contributed by atoms with Gasteiger partial charge in [0.25, 0.3) is 0 Å². The number of Topliss-reactive ketones (excluding diaryl/α,β-unsaturated/α-hetero) is 2. The number of allylic oxidation sites excluding steroid dienone is 3. The molecule has 0 fully saturated rings. The van der Waals surface area contributed by atoms with Crippen LogP contribution in [0.25, 0.3) is 6.08 Å². The molecule has 2 aromatic rings. The van der Waals surface area contributed by atoms with Gasteiger partial charge in [-0.15, -0.1) is 0 Å². The third-order valence-electron chi connectivity index (χ3n) is 3.75. The highest BCUT2D eigenvalue weighted by Crippen LogP contribution is 2.34. The van der Waals surface area contributed by atoms with E-state index in [1.54, 1.807) is 37.5 Å². The molecule has 0 amide bonds. The lowest BCUT2D eigenvalue weighted by atomic mass is 10.1. The predicted octanol–water partition coefficient (Wildman–Crippen LogP) is 3.84. The fraction of sp³-hybridized carbons (Fsp3) is 0.143. The normalized spacial score (nSPS) is 14.4. The number of fused-ring (bicyclic) bond motifs is 1. The van der Waals surface area contributed by atoms with Crippen molar-refractivity contribution in [1.82, 2.24) is 0 Å². The highest BCUT2D eigenvalue weighted by atomic mass is 16.5. The number of benzene rings is 2. The number of rotatable bonds is 6. The smallest absolute Gasteiger partial charge is 0.231 e. The number of ketones is 2. The van der Waals surface area contributed by atoms with Crippen LogP contribution in [-0.4, -0.2) is 25.3 Å². The predicted molar refractivity (Wildman–Crippen MR) is 97.7 cm³/mol. The molecule has 5 heteroatoms. The van der Waals surface area contributed by atoms with Crippen molar-refractivity contribution in [2.24, 2.45) is 0 Å². The van der Waals surface area contributed by atoms with E-state index in [1.807, 2.05) is 30.3 Å². The molecular weight excluding hydrogens is 332 g/mol. The Morgan fingerprint density at radius 1 is 1.19 bits per heavy atom. The maximum absolute atomic E-state index is 12.4. The van der Waals surface area contributed by atoms with Crippen molar-refractivity contribution in [1.29, 1.82) is 0 Å². The van der Waals surface area contributed by atoms with Crippen molar-refractivity contribution in [2.75, 3.05) is 13.7 Å². The van der Waals surface area contributed by atoms with Crippen LogP contribution in [0, 0.1) is 0 Å². The van der Waals surface area contributed by atoms with E-state index in [0.717, 1.165) is 11.3 Å². The highest BCUT2D eigenvalue weighted by Gasteiger charge is 2.27. The Bertz CT molecular complexity index is 908. The first-order valence-corrected chi connectivity index (χ1v) is 8.08. The lowest BCUT2D eigenvalue weighted by Gasteiger charge is -2.04. The molecule has 5 nitrogen and oxygen atoms in total. The van der Waals surface area contributed by atoms with Crippen LogP contribution in [0.4, 0.5) is 0 Å². The van der Waals surface area contributed by atoms with Crippen molar-refractivity contribution in [2.45, 2.75) is 6.92 Å². The van der Waals surface area contributed by atoms with E-state index in [9.17, 15) is 9.59 Å². The molecule has 0 radical (unpaired) electrons. The second-order valence-corrected chi connectivity index (χ2v) is 5.71. The largest absolute Gasteiger partial charge is 0.496 e. The van der Waals surface area contributed by atoms with Gasteiger partial charge in [-0.3, -0.25) is 9.59 Å². The van der Waals surface area contributed by atoms with E-state index in [4.69, 9.17) is 14.2 Å². The summed E-state index contributed by atoms with van der Waals surface area (Å²) in [6.07, 6.45) is 5.20. The van der Waals surface area contributed by atoms with Crippen LogP contribution in [0.15, 0.2) is 60.4 Å². The molecule has 0 spiro atoms. The van der Waals surface area contributed by atoms with Crippen LogP contribution in [0.1, 0.15) is 22.8 Å². The summed E-state index contributed by atoms with van der Waals surface area (Å²) < 4.78 is 16.2. The van der Waals surface area contributed by atoms with E-state index in [2.05, 4.69) is 0 Å².